The normalized spacial score (nSPS) is 15.1. The Bertz CT molecular complexity index is 513. The van der Waals surface area contributed by atoms with Gasteiger partial charge in [0.25, 0.3) is 5.91 Å². The highest BCUT2D eigenvalue weighted by Gasteiger charge is 2.18. The van der Waals surface area contributed by atoms with E-state index < -0.39 is 5.97 Å². The number of benzene rings is 1. The average molecular weight is 341 g/mol. The lowest BCUT2D eigenvalue weighted by molar-refractivity contribution is -0.124. The molecule has 0 aromatic heterocycles. The molecule has 1 aliphatic carbocycles. The minimum Gasteiger partial charge on any atom is -0.452 e. The van der Waals surface area contributed by atoms with E-state index in [1.165, 1.54) is 6.07 Å². The molecular formula is C14H17BrN2O3. The standard InChI is InChI=1S/C14H17BrN2O3/c15-11-6-5-9(7-12(11)16)14(19)20-8-13(18)17-10-3-1-2-4-10/h5-7,10H,1-4,8,16H2,(H,17,18). The second-order valence-electron chi connectivity index (χ2n) is 4.86. The molecule has 20 heavy (non-hydrogen) atoms. The van der Waals surface area contributed by atoms with Gasteiger partial charge >= 0.3 is 5.97 Å². The van der Waals surface area contributed by atoms with Gasteiger partial charge in [-0.25, -0.2) is 4.79 Å². The Labute approximate surface area is 126 Å². The van der Waals surface area contributed by atoms with Crippen molar-refractivity contribution in [1.82, 2.24) is 5.32 Å². The summed E-state index contributed by atoms with van der Waals surface area (Å²) in [5.74, 6) is -0.805. The average Bonchev–Trinajstić information content (AvgIpc) is 2.92. The number of carbonyl (C=O) groups is 2. The number of halogens is 1. The van der Waals surface area contributed by atoms with Crippen LogP contribution in [0.5, 0.6) is 0 Å². The van der Waals surface area contributed by atoms with Gasteiger partial charge in [0, 0.05) is 16.2 Å². The third-order valence-electron chi connectivity index (χ3n) is 3.29. The number of amides is 1. The Balaban J connectivity index is 1.81. The Kier molecular flexibility index (Phi) is 5.00. The van der Waals surface area contributed by atoms with E-state index in [2.05, 4.69) is 21.2 Å². The van der Waals surface area contributed by atoms with Crippen LogP contribution in [0.2, 0.25) is 0 Å². The minimum atomic E-state index is -0.550. The number of nitrogens with one attached hydrogen (secondary N) is 1. The van der Waals surface area contributed by atoms with E-state index in [-0.39, 0.29) is 18.6 Å². The highest BCUT2D eigenvalue weighted by atomic mass is 79.9. The first-order valence-corrected chi connectivity index (χ1v) is 7.37. The summed E-state index contributed by atoms with van der Waals surface area (Å²) in [7, 11) is 0. The van der Waals surface area contributed by atoms with Gasteiger partial charge in [-0.2, -0.15) is 0 Å². The first kappa shape index (κ1) is 14.8. The number of nitrogen functional groups attached to an aromatic ring is 1. The van der Waals surface area contributed by atoms with E-state index in [9.17, 15) is 9.59 Å². The van der Waals surface area contributed by atoms with Gasteiger partial charge in [-0.05, 0) is 47.0 Å². The maximum atomic E-state index is 11.8. The van der Waals surface area contributed by atoms with E-state index in [1.54, 1.807) is 12.1 Å². The highest BCUT2D eigenvalue weighted by molar-refractivity contribution is 9.10. The molecule has 0 aliphatic heterocycles. The fourth-order valence-corrected chi connectivity index (χ4v) is 2.47. The van der Waals surface area contributed by atoms with Crippen LogP contribution in [0.15, 0.2) is 22.7 Å². The van der Waals surface area contributed by atoms with Gasteiger partial charge in [0.05, 0.1) is 5.56 Å². The Morgan fingerprint density at radius 1 is 1.35 bits per heavy atom. The number of anilines is 1. The number of hydrogen-bond acceptors (Lipinski definition) is 4. The van der Waals surface area contributed by atoms with Crippen molar-refractivity contribution in [2.75, 3.05) is 12.3 Å². The number of nitrogens with two attached hydrogens (primary N) is 1. The first-order valence-electron chi connectivity index (χ1n) is 6.58. The summed E-state index contributed by atoms with van der Waals surface area (Å²) in [5.41, 5.74) is 6.48. The van der Waals surface area contributed by atoms with Gasteiger partial charge in [-0.1, -0.05) is 12.8 Å². The molecule has 1 aliphatic rings. The van der Waals surface area contributed by atoms with Crippen LogP contribution in [0.1, 0.15) is 36.0 Å². The van der Waals surface area contributed by atoms with Crippen molar-refractivity contribution in [2.45, 2.75) is 31.7 Å². The second-order valence-corrected chi connectivity index (χ2v) is 5.72. The Morgan fingerprint density at radius 2 is 2.05 bits per heavy atom. The summed E-state index contributed by atoms with van der Waals surface area (Å²) in [6, 6.07) is 5.01. The molecule has 0 radical (unpaired) electrons. The molecule has 0 heterocycles. The lowest BCUT2D eigenvalue weighted by Crippen LogP contribution is -2.35. The number of ether oxygens (including phenoxy) is 1. The van der Waals surface area contributed by atoms with E-state index in [4.69, 9.17) is 10.5 Å². The van der Waals surface area contributed by atoms with Crippen molar-refractivity contribution in [1.29, 1.82) is 0 Å². The molecule has 0 spiro atoms. The van der Waals surface area contributed by atoms with Crippen LogP contribution in [-0.2, 0) is 9.53 Å². The maximum Gasteiger partial charge on any atom is 0.338 e. The SMILES string of the molecule is Nc1cc(C(=O)OCC(=O)NC2CCCC2)ccc1Br. The molecule has 6 heteroatoms. The van der Waals surface area contributed by atoms with E-state index in [0.29, 0.717) is 15.7 Å². The van der Waals surface area contributed by atoms with Crippen molar-refractivity contribution in [3.63, 3.8) is 0 Å². The van der Waals surface area contributed by atoms with Crippen LogP contribution in [0.4, 0.5) is 5.69 Å². The molecule has 3 N–H and O–H groups in total. The molecule has 0 atom stereocenters. The van der Waals surface area contributed by atoms with Gasteiger partial charge < -0.3 is 15.8 Å². The molecule has 108 valence electrons. The number of carbonyl (C=O) groups excluding carboxylic acids is 2. The van der Waals surface area contributed by atoms with Crippen LogP contribution in [0.25, 0.3) is 0 Å². The summed E-state index contributed by atoms with van der Waals surface area (Å²) in [6.07, 6.45) is 4.29. The lowest BCUT2D eigenvalue weighted by Gasteiger charge is -2.12. The minimum absolute atomic E-state index is 0.226. The fourth-order valence-electron chi connectivity index (χ4n) is 2.22. The molecule has 1 amide bonds. The van der Waals surface area contributed by atoms with E-state index >= 15 is 0 Å². The van der Waals surface area contributed by atoms with Crippen molar-refractivity contribution in [2.24, 2.45) is 0 Å². The van der Waals surface area contributed by atoms with Crippen molar-refractivity contribution in [3.8, 4) is 0 Å². The molecule has 1 aromatic carbocycles. The first-order chi connectivity index (χ1) is 9.56. The molecule has 1 fully saturated rings. The smallest absolute Gasteiger partial charge is 0.338 e. The summed E-state index contributed by atoms with van der Waals surface area (Å²) in [5, 5.41) is 2.86. The Morgan fingerprint density at radius 3 is 2.70 bits per heavy atom. The summed E-state index contributed by atoms with van der Waals surface area (Å²) < 4.78 is 5.69. The third kappa shape index (κ3) is 3.96. The summed E-state index contributed by atoms with van der Waals surface area (Å²) >= 11 is 3.25. The maximum absolute atomic E-state index is 11.8. The van der Waals surface area contributed by atoms with Gasteiger partial charge in [0.2, 0.25) is 0 Å². The van der Waals surface area contributed by atoms with Crippen molar-refractivity contribution in [3.05, 3.63) is 28.2 Å². The Hall–Kier alpha value is -1.56. The molecule has 1 saturated carbocycles. The topological polar surface area (TPSA) is 81.4 Å². The van der Waals surface area contributed by atoms with Crippen LogP contribution < -0.4 is 11.1 Å². The number of esters is 1. The molecule has 1 aromatic rings. The van der Waals surface area contributed by atoms with Gasteiger partial charge in [-0.3, -0.25) is 4.79 Å². The van der Waals surface area contributed by atoms with Crippen LogP contribution in [-0.4, -0.2) is 24.5 Å². The van der Waals surface area contributed by atoms with Crippen LogP contribution in [0, 0.1) is 0 Å². The largest absolute Gasteiger partial charge is 0.452 e. The van der Waals surface area contributed by atoms with Gasteiger partial charge in [-0.15, -0.1) is 0 Å². The zero-order chi connectivity index (χ0) is 14.5. The highest BCUT2D eigenvalue weighted by Crippen LogP contribution is 2.20. The van der Waals surface area contributed by atoms with Gasteiger partial charge in [0.15, 0.2) is 6.61 Å². The van der Waals surface area contributed by atoms with Crippen LogP contribution in [0.3, 0.4) is 0 Å². The number of hydrogen-bond donors (Lipinski definition) is 2. The molecular weight excluding hydrogens is 324 g/mol. The third-order valence-corrected chi connectivity index (χ3v) is 4.01. The molecule has 0 saturated heterocycles. The predicted octanol–water partition coefficient (Wildman–Crippen LogP) is 2.25. The van der Waals surface area contributed by atoms with Gasteiger partial charge in [0.1, 0.15) is 0 Å². The van der Waals surface area contributed by atoms with Crippen LogP contribution >= 0.6 is 15.9 Å². The lowest BCUT2D eigenvalue weighted by atomic mass is 10.2. The summed E-state index contributed by atoms with van der Waals surface area (Å²) in [6.45, 7) is -0.259. The molecule has 0 bridgehead atoms. The predicted molar refractivity (Wildman–Crippen MR) is 79.2 cm³/mol. The van der Waals surface area contributed by atoms with Crippen molar-refractivity contribution >= 4 is 33.5 Å². The fraction of sp³-hybridized carbons (Fsp3) is 0.429. The zero-order valence-electron chi connectivity index (χ0n) is 11.0. The quantitative estimate of drug-likeness (QED) is 0.650. The van der Waals surface area contributed by atoms with Crippen molar-refractivity contribution < 1.29 is 14.3 Å². The monoisotopic (exact) mass is 340 g/mol. The second kappa shape index (κ2) is 6.74. The number of rotatable bonds is 4. The zero-order valence-corrected chi connectivity index (χ0v) is 12.6. The van der Waals surface area contributed by atoms with E-state index in [1.807, 2.05) is 0 Å². The molecule has 0 unspecified atom stereocenters. The molecule has 2 rings (SSSR count). The van der Waals surface area contributed by atoms with E-state index in [0.717, 1.165) is 25.7 Å². The molecule has 5 nitrogen and oxygen atoms in total. The summed E-state index contributed by atoms with van der Waals surface area (Å²) in [4.78, 5) is 23.4.